The summed E-state index contributed by atoms with van der Waals surface area (Å²) in [5.41, 5.74) is 2.44. The minimum atomic E-state index is -0.0483. The maximum absolute atomic E-state index is 9.21. The van der Waals surface area contributed by atoms with E-state index in [-0.39, 0.29) is 18.9 Å². The fourth-order valence-electron chi connectivity index (χ4n) is 2.29. The predicted molar refractivity (Wildman–Crippen MR) is 67.7 cm³/mol. The summed E-state index contributed by atoms with van der Waals surface area (Å²) in [5, 5.41) is 9.21. The Bertz CT molecular complexity index is 350. The minimum absolute atomic E-state index is 0.00713. The molecule has 0 amide bonds. The first-order valence-corrected chi connectivity index (χ1v) is 6.31. The Morgan fingerprint density at radius 2 is 2.06 bits per heavy atom. The topological polar surface area (TPSA) is 32.7 Å². The molecule has 1 heterocycles. The van der Waals surface area contributed by atoms with E-state index in [1.54, 1.807) is 0 Å². The van der Waals surface area contributed by atoms with Gasteiger partial charge in [-0.2, -0.15) is 0 Å². The first kappa shape index (κ1) is 12.6. The normalized spacial score (nSPS) is 25.4. The van der Waals surface area contributed by atoms with E-state index in [1.807, 2.05) is 0 Å². The van der Waals surface area contributed by atoms with Gasteiger partial charge in [-0.05, 0) is 18.9 Å². The van der Waals surface area contributed by atoms with Gasteiger partial charge in [0.05, 0.1) is 12.7 Å². The molecule has 3 nitrogen and oxygen atoms in total. The molecule has 0 aliphatic carbocycles. The highest BCUT2D eigenvalue weighted by Gasteiger charge is 2.32. The Labute approximate surface area is 103 Å². The molecule has 94 valence electrons. The number of aryl methyl sites for hydroxylation is 1. The van der Waals surface area contributed by atoms with Crippen molar-refractivity contribution in [1.82, 2.24) is 4.90 Å². The van der Waals surface area contributed by atoms with Crippen molar-refractivity contribution in [2.45, 2.75) is 32.6 Å². The van der Waals surface area contributed by atoms with Crippen LogP contribution in [0, 0.1) is 6.92 Å². The van der Waals surface area contributed by atoms with E-state index in [9.17, 15) is 5.11 Å². The fraction of sp³-hybridized carbons (Fsp3) is 0.571. The van der Waals surface area contributed by atoms with Crippen molar-refractivity contribution < 1.29 is 9.84 Å². The number of ether oxygens (including phenoxy) is 1. The summed E-state index contributed by atoms with van der Waals surface area (Å²) < 4.78 is 5.88. The van der Waals surface area contributed by atoms with E-state index in [0.29, 0.717) is 0 Å². The molecule has 0 aromatic heterocycles. The molecule has 0 radical (unpaired) electrons. The molecular formula is C14H21NO2. The van der Waals surface area contributed by atoms with Crippen LogP contribution in [0.5, 0.6) is 0 Å². The van der Waals surface area contributed by atoms with Crippen molar-refractivity contribution in [3.8, 4) is 0 Å². The number of hydrogen-bond acceptors (Lipinski definition) is 3. The first-order chi connectivity index (χ1) is 8.24. The summed E-state index contributed by atoms with van der Waals surface area (Å²) in [5.74, 6) is 0. The van der Waals surface area contributed by atoms with Crippen LogP contribution < -0.4 is 0 Å². The van der Waals surface area contributed by atoms with E-state index >= 15 is 0 Å². The molecule has 1 aromatic carbocycles. The maximum Gasteiger partial charge on any atom is 0.137 e. The lowest BCUT2D eigenvalue weighted by molar-refractivity contribution is -0.0195. The monoisotopic (exact) mass is 235 g/mol. The SMILES string of the molecule is CCCN1CC(CO)OC1c1ccc(C)cc1. The first-order valence-electron chi connectivity index (χ1n) is 6.31. The molecule has 2 atom stereocenters. The molecule has 0 saturated carbocycles. The van der Waals surface area contributed by atoms with Gasteiger partial charge in [0.1, 0.15) is 6.23 Å². The molecule has 1 aromatic rings. The Hall–Kier alpha value is -0.900. The largest absolute Gasteiger partial charge is 0.394 e. The number of aliphatic hydroxyl groups is 1. The molecule has 2 unspecified atom stereocenters. The summed E-state index contributed by atoms with van der Waals surface area (Å²) in [7, 11) is 0. The standard InChI is InChI=1S/C14H21NO2/c1-3-8-15-9-13(10-16)17-14(15)12-6-4-11(2)5-7-12/h4-7,13-14,16H,3,8-10H2,1-2H3. The zero-order valence-corrected chi connectivity index (χ0v) is 10.6. The Balaban J connectivity index is 2.14. The van der Waals surface area contributed by atoms with Crippen molar-refractivity contribution in [2.75, 3.05) is 19.7 Å². The van der Waals surface area contributed by atoms with E-state index in [4.69, 9.17) is 4.74 Å². The molecule has 0 bridgehead atoms. The quantitative estimate of drug-likeness (QED) is 0.867. The van der Waals surface area contributed by atoms with Crippen molar-refractivity contribution in [2.24, 2.45) is 0 Å². The Kier molecular flexibility index (Phi) is 4.15. The van der Waals surface area contributed by atoms with Crippen LogP contribution in [-0.4, -0.2) is 35.8 Å². The molecule has 3 heteroatoms. The maximum atomic E-state index is 9.21. The lowest BCUT2D eigenvalue weighted by Crippen LogP contribution is -2.26. The van der Waals surface area contributed by atoms with Crippen LogP contribution in [0.3, 0.4) is 0 Å². The van der Waals surface area contributed by atoms with Gasteiger partial charge in [-0.25, -0.2) is 0 Å². The van der Waals surface area contributed by atoms with Gasteiger partial charge < -0.3 is 9.84 Å². The lowest BCUT2D eigenvalue weighted by atomic mass is 10.1. The minimum Gasteiger partial charge on any atom is -0.394 e. The lowest BCUT2D eigenvalue weighted by Gasteiger charge is -2.22. The Morgan fingerprint density at radius 1 is 1.35 bits per heavy atom. The molecule has 1 aliphatic heterocycles. The number of nitrogens with zero attached hydrogens (tertiary/aromatic N) is 1. The second-order valence-electron chi connectivity index (χ2n) is 4.70. The number of rotatable bonds is 4. The second-order valence-corrected chi connectivity index (χ2v) is 4.70. The highest BCUT2D eigenvalue weighted by molar-refractivity contribution is 5.23. The summed E-state index contributed by atoms with van der Waals surface area (Å²) >= 11 is 0. The third kappa shape index (κ3) is 2.86. The highest BCUT2D eigenvalue weighted by Crippen LogP contribution is 2.30. The summed E-state index contributed by atoms with van der Waals surface area (Å²) in [4.78, 5) is 2.30. The molecule has 1 aliphatic rings. The number of hydrogen-bond donors (Lipinski definition) is 1. The molecule has 1 saturated heterocycles. The molecule has 0 spiro atoms. The molecular weight excluding hydrogens is 214 g/mol. The Morgan fingerprint density at radius 3 is 2.65 bits per heavy atom. The third-order valence-corrected chi connectivity index (χ3v) is 3.17. The average molecular weight is 235 g/mol. The van der Waals surface area contributed by atoms with Gasteiger partial charge in [0.15, 0.2) is 0 Å². The van der Waals surface area contributed by atoms with Crippen LogP contribution in [-0.2, 0) is 4.74 Å². The smallest absolute Gasteiger partial charge is 0.137 e. The number of benzene rings is 1. The molecule has 1 N–H and O–H groups in total. The van der Waals surface area contributed by atoms with Crippen LogP contribution in [0.2, 0.25) is 0 Å². The third-order valence-electron chi connectivity index (χ3n) is 3.17. The van der Waals surface area contributed by atoms with Crippen LogP contribution in [0.4, 0.5) is 0 Å². The van der Waals surface area contributed by atoms with Crippen molar-refractivity contribution >= 4 is 0 Å². The van der Waals surface area contributed by atoms with E-state index < -0.39 is 0 Å². The van der Waals surface area contributed by atoms with Crippen LogP contribution >= 0.6 is 0 Å². The van der Waals surface area contributed by atoms with Gasteiger partial charge in [-0.15, -0.1) is 0 Å². The van der Waals surface area contributed by atoms with Gasteiger partial charge in [0, 0.05) is 13.1 Å². The highest BCUT2D eigenvalue weighted by atomic mass is 16.5. The van der Waals surface area contributed by atoms with Crippen molar-refractivity contribution in [3.63, 3.8) is 0 Å². The van der Waals surface area contributed by atoms with Crippen LogP contribution in [0.25, 0.3) is 0 Å². The van der Waals surface area contributed by atoms with Gasteiger partial charge in [-0.3, -0.25) is 4.90 Å². The van der Waals surface area contributed by atoms with Gasteiger partial charge in [-0.1, -0.05) is 36.8 Å². The summed E-state index contributed by atoms with van der Waals surface area (Å²) in [6.45, 7) is 6.18. The molecule has 1 fully saturated rings. The van der Waals surface area contributed by atoms with Crippen molar-refractivity contribution in [3.05, 3.63) is 35.4 Å². The van der Waals surface area contributed by atoms with E-state index in [0.717, 1.165) is 19.5 Å². The van der Waals surface area contributed by atoms with Crippen LogP contribution in [0.1, 0.15) is 30.7 Å². The predicted octanol–water partition coefficient (Wildman–Crippen LogP) is 2.10. The van der Waals surface area contributed by atoms with Gasteiger partial charge in [0.25, 0.3) is 0 Å². The van der Waals surface area contributed by atoms with E-state index in [2.05, 4.69) is 43.0 Å². The van der Waals surface area contributed by atoms with Crippen LogP contribution in [0.15, 0.2) is 24.3 Å². The molecule has 2 rings (SSSR count). The van der Waals surface area contributed by atoms with Gasteiger partial charge in [0.2, 0.25) is 0 Å². The fourth-order valence-corrected chi connectivity index (χ4v) is 2.29. The number of aliphatic hydroxyl groups excluding tert-OH is 1. The zero-order chi connectivity index (χ0) is 12.3. The van der Waals surface area contributed by atoms with E-state index in [1.165, 1.54) is 11.1 Å². The summed E-state index contributed by atoms with van der Waals surface area (Å²) in [6.07, 6.45) is 1.06. The summed E-state index contributed by atoms with van der Waals surface area (Å²) in [6, 6.07) is 8.44. The second kappa shape index (κ2) is 5.63. The molecule has 17 heavy (non-hydrogen) atoms. The van der Waals surface area contributed by atoms with Crippen molar-refractivity contribution in [1.29, 1.82) is 0 Å². The van der Waals surface area contributed by atoms with Gasteiger partial charge >= 0.3 is 0 Å². The average Bonchev–Trinajstić information content (AvgIpc) is 2.74. The zero-order valence-electron chi connectivity index (χ0n) is 10.6.